The van der Waals surface area contributed by atoms with E-state index in [1.165, 1.54) is 0 Å². The van der Waals surface area contributed by atoms with E-state index in [1.807, 2.05) is 83.1 Å². The van der Waals surface area contributed by atoms with E-state index in [4.69, 9.17) is 14.5 Å². The summed E-state index contributed by atoms with van der Waals surface area (Å²) in [5.74, 6) is -0.336. The summed E-state index contributed by atoms with van der Waals surface area (Å²) in [5, 5.41) is 6.64. The number of hydrogen-bond donors (Lipinski definition) is 3. The maximum atomic E-state index is 14.3. The summed E-state index contributed by atoms with van der Waals surface area (Å²) < 4.78 is 40.6. The molecule has 15 heteroatoms. The molecule has 3 aromatic rings. The number of anilines is 2. The third-order valence-electron chi connectivity index (χ3n) is 10.2. The average molecular weight is 748 g/mol. The van der Waals surface area contributed by atoms with Crippen molar-refractivity contribution in [2.24, 2.45) is 11.3 Å². The summed E-state index contributed by atoms with van der Waals surface area (Å²) in [6, 6.07) is 11.0. The Hall–Kier alpha value is -4.76. The van der Waals surface area contributed by atoms with E-state index in [1.54, 1.807) is 24.2 Å². The maximum absolute atomic E-state index is 14.3. The van der Waals surface area contributed by atoms with Gasteiger partial charge < -0.3 is 19.7 Å². The van der Waals surface area contributed by atoms with Gasteiger partial charge in [-0.3, -0.25) is 29.3 Å². The number of aromatic nitrogens is 2. The molecule has 2 aliphatic carbocycles. The van der Waals surface area contributed by atoms with Crippen LogP contribution >= 0.6 is 0 Å². The minimum atomic E-state index is -3.90. The SMILES string of the molecule is C=C[C@@H]1C[C@@]1(C(=O)NS(=O)(=O)C1CC1)N1C[C@H](Oc2nc(N(C)C)cc3c(OC)cccc23)C[C@H]1C(=O)NC(=O)[C@@H](Nc1cccc(C)n1)C(C)(C)C. The molecule has 0 spiro atoms. The molecule has 53 heavy (non-hydrogen) atoms. The Balaban J connectivity index is 1.34. The number of likely N-dealkylation sites (tertiary alicyclic amines) is 1. The third kappa shape index (κ3) is 7.67. The van der Waals surface area contributed by atoms with Crippen LogP contribution in [0.2, 0.25) is 0 Å². The molecule has 6 rings (SSSR count). The molecule has 0 radical (unpaired) electrons. The highest BCUT2D eigenvalue weighted by Crippen LogP contribution is 2.53. The lowest BCUT2D eigenvalue weighted by molar-refractivity contribution is -0.136. The van der Waals surface area contributed by atoms with Gasteiger partial charge in [0.25, 0.3) is 5.91 Å². The van der Waals surface area contributed by atoms with Gasteiger partial charge in [-0.15, -0.1) is 6.58 Å². The number of hydrogen-bond acceptors (Lipinski definition) is 12. The molecule has 0 bridgehead atoms. The van der Waals surface area contributed by atoms with Crippen molar-refractivity contribution < 1.29 is 32.3 Å². The van der Waals surface area contributed by atoms with Gasteiger partial charge in [-0.1, -0.05) is 39.0 Å². The summed E-state index contributed by atoms with van der Waals surface area (Å²) in [6.07, 6.45) is 2.21. The second-order valence-electron chi connectivity index (χ2n) is 15.5. The Bertz CT molecular complexity index is 2050. The van der Waals surface area contributed by atoms with Crippen LogP contribution in [-0.4, -0.2) is 97.7 Å². The molecule has 3 aliphatic rings. The first-order valence-electron chi connectivity index (χ1n) is 17.8. The topological polar surface area (TPSA) is 172 Å². The molecular weight excluding hydrogens is 699 g/mol. The third-order valence-corrected chi connectivity index (χ3v) is 12.1. The molecule has 3 heterocycles. The minimum absolute atomic E-state index is 0.0704. The smallest absolute Gasteiger partial charge is 0.254 e. The van der Waals surface area contributed by atoms with Crippen LogP contribution in [0.3, 0.4) is 0 Å². The zero-order valence-electron chi connectivity index (χ0n) is 31.3. The van der Waals surface area contributed by atoms with Crippen LogP contribution in [-0.2, 0) is 24.4 Å². The van der Waals surface area contributed by atoms with E-state index >= 15 is 0 Å². The molecule has 284 valence electrons. The highest BCUT2D eigenvalue weighted by atomic mass is 32.2. The summed E-state index contributed by atoms with van der Waals surface area (Å²) in [7, 11) is 1.40. The van der Waals surface area contributed by atoms with E-state index in [0.29, 0.717) is 41.5 Å². The Morgan fingerprint density at radius 1 is 1.09 bits per heavy atom. The van der Waals surface area contributed by atoms with Gasteiger partial charge in [-0.05, 0) is 61.9 Å². The van der Waals surface area contributed by atoms with Gasteiger partial charge in [0, 0.05) is 49.4 Å². The number of sulfonamides is 1. The van der Waals surface area contributed by atoms with Gasteiger partial charge >= 0.3 is 0 Å². The standard InChI is InChI=1S/C38H49N7O7S/c1-9-23-20-38(23,36(48)43-53(49,50)25-16-17-25)45-21-24(52-35-26-13-11-14-29(51-8)27(26)19-31(41-35)44(6)7)18-28(45)33(46)42-34(47)32(37(3,4)5)40-30-15-10-12-22(2)39-30/h9-15,19,23-25,28,32H,1,16-18,20-21H2,2-8H3,(H,39,40)(H,43,48)(H,42,46,47)/t23-,24-,28+,32-,38-/m1/s1. The summed E-state index contributed by atoms with van der Waals surface area (Å²) in [5.41, 5.74) is -1.27. The Morgan fingerprint density at radius 3 is 2.42 bits per heavy atom. The number of ether oxygens (including phenoxy) is 2. The molecule has 1 saturated heterocycles. The first-order chi connectivity index (χ1) is 25.0. The van der Waals surface area contributed by atoms with Crippen LogP contribution in [0, 0.1) is 18.3 Å². The van der Waals surface area contributed by atoms with Crippen LogP contribution < -0.4 is 29.7 Å². The van der Waals surface area contributed by atoms with Crippen molar-refractivity contribution in [1.82, 2.24) is 24.9 Å². The number of fused-ring (bicyclic) bond motifs is 1. The van der Waals surface area contributed by atoms with Gasteiger partial charge in [0.15, 0.2) is 0 Å². The summed E-state index contributed by atoms with van der Waals surface area (Å²) in [6.45, 7) is 11.5. The lowest BCUT2D eigenvalue weighted by Gasteiger charge is -2.33. The van der Waals surface area contributed by atoms with Gasteiger partial charge in [-0.2, -0.15) is 4.98 Å². The van der Waals surface area contributed by atoms with Crippen LogP contribution in [0.4, 0.5) is 11.6 Å². The Labute approximate surface area is 310 Å². The predicted octanol–water partition coefficient (Wildman–Crippen LogP) is 3.56. The van der Waals surface area contributed by atoms with E-state index in [0.717, 1.165) is 11.1 Å². The highest BCUT2D eigenvalue weighted by molar-refractivity contribution is 7.91. The van der Waals surface area contributed by atoms with Gasteiger partial charge in [0.2, 0.25) is 27.7 Å². The van der Waals surface area contributed by atoms with Gasteiger partial charge in [-0.25, -0.2) is 13.4 Å². The number of amides is 3. The Morgan fingerprint density at radius 2 is 1.81 bits per heavy atom. The number of carbonyl (C=O) groups excluding carboxylic acids is 3. The quantitative estimate of drug-likeness (QED) is 0.218. The normalized spacial score (nSPS) is 23.5. The van der Waals surface area contributed by atoms with E-state index in [9.17, 15) is 22.8 Å². The van der Waals surface area contributed by atoms with Gasteiger partial charge in [0.1, 0.15) is 35.1 Å². The van der Waals surface area contributed by atoms with Crippen molar-refractivity contribution in [2.45, 2.75) is 82.4 Å². The van der Waals surface area contributed by atoms with Crippen molar-refractivity contribution in [3.05, 3.63) is 60.8 Å². The number of nitrogens with zero attached hydrogens (tertiary/aromatic N) is 4. The summed E-state index contributed by atoms with van der Waals surface area (Å²) >= 11 is 0. The maximum Gasteiger partial charge on any atom is 0.254 e. The molecule has 14 nitrogen and oxygen atoms in total. The highest BCUT2D eigenvalue weighted by Gasteiger charge is 2.67. The summed E-state index contributed by atoms with van der Waals surface area (Å²) in [4.78, 5) is 55.1. The molecule has 0 unspecified atom stereocenters. The number of benzene rings is 1. The zero-order valence-corrected chi connectivity index (χ0v) is 32.1. The van der Waals surface area contributed by atoms with Crippen LogP contribution in [0.25, 0.3) is 10.8 Å². The molecular formula is C38H49N7O7S. The van der Waals surface area contributed by atoms with Crippen molar-refractivity contribution >= 4 is 50.2 Å². The van der Waals surface area contributed by atoms with Crippen LogP contribution in [0.1, 0.15) is 52.1 Å². The van der Waals surface area contributed by atoms with Crippen molar-refractivity contribution in [3.63, 3.8) is 0 Å². The fourth-order valence-corrected chi connectivity index (χ4v) is 8.47. The number of aryl methyl sites for hydroxylation is 1. The molecule has 3 N–H and O–H groups in total. The van der Waals surface area contributed by atoms with E-state index < -0.39 is 68.1 Å². The number of nitrogens with one attached hydrogen (secondary N) is 3. The number of rotatable bonds is 13. The van der Waals surface area contributed by atoms with E-state index in [2.05, 4.69) is 26.9 Å². The van der Waals surface area contributed by atoms with Crippen molar-refractivity contribution in [2.75, 3.05) is 38.0 Å². The zero-order chi connectivity index (χ0) is 38.5. The number of imide groups is 1. The fraction of sp³-hybridized carbons (Fsp3) is 0.500. The van der Waals surface area contributed by atoms with Crippen LogP contribution in [0.15, 0.2) is 55.1 Å². The second kappa shape index (κ2) is 14.2. The molecule has 1 aromatic carbocycles. The molecule has 1 aliphatic heterocycles. The monoisotopic (exact) mass is 747 g/mol. The Kier molecular flexibility index (Phi) is 10.2. The number of pyridine rings is 2. The van der Waals surface area contributed by atoms with Crippen molar-refractivity contribution in [3.8, 4) is 11.6 Å². The largest absolute Gasteiger partial charge is 0.496 e. The first kappa shape index (κ1) is 38.0. The van der Waals surface area contributed by atoms with E-state index in [-0.39, 0.29) is 19.4 Å². The lowest BCUT2D eigenvalue weighted by Crippen LogP contribution is -2.59. The number of methoxy groups -OCH3 is 1. The minimum Gasteiger partial charge on any atom is -0.496 e. The predicted molar refractivity (Wildman–Crippen MR) is 202 cm³/mol. The average Bonchev–Trinajstić information content (AvgIpc) is 4.02. The molecule has 3 amide bonds. The number of carbonyl (C=O) groups is 3. The molecule has 2 saturated carbocycles. The van der Waals surface area contributed by atoms with Gasteiger partial charge in [0.05, 0.1) is 18.4 Å². The molecule has 5 atom stereocenters. The molecule has 3 fully saturated rings. The van der Waals surface area contributed by atoms with Crippen LogP contribution in [0.5, 0.6) is 11.6 Å². The van der Waals surface area contributed by atoms with Crippen molar-refractivity contribution in [1.29, 1.82) is 0 Å². The lowest BCUT2D eigenvalue weighted by atomic mass is 9.86. The molecule has 2 aromatic heterocycles. The first-order valence-corrected chi connectivity index (χ1v) is 19.3. The second-order valence-corrected chi connectivity index (χ2v) is 17.4. The fourth-order valence-electron chi connectivity index (χ4n) is 7.11.